The fourth-order valence-electron chi connectivity index (χ4n) is 7.35. The van der Waals surface area contributed by atoms with Crippen molar-refractivity contribution >= 4 is 83.3 Å². The van der Waals surface area contributed by atoms with E-state index in [2.05, 4.69) is 144 Å². The SMILES string of the molecule is [C-]#[N+]c1ccc(N(c2ccc(C)cc2)c2cc3c4cc(N(c5ccc(C)cc5)c5ccc(C#N)cc5)c5ccccc5c4oc3c3ccccc23)cc1. The second-order valence-electron chi connectivity index (χ2n) is 13.4. The van der Waals surface area contributed by atoms with Crippen molar-refractivity contribution in [3.8, 4) is 6.07 Å². The van der Waals surface area contributed by atoms with E-state index in [1.165, 1.54) is 11.1 Å². The van der Waals surface area contributed by atoms with Gasteiger partial charge in [-0.25, -0.2) is 4.85 Å². The van der Waals surface area contributed by atoms with Gasteiger partial charge in [0.25, 0.3) is 0 Å². The standard InChI is InChI=1S/C48H32N4O/c1-31-12-20-35(21-13-31)51(37-24-16-33(30-49)17-25-37)45-28-43-44-29-46(52(36-22-14-32(2)15-23-36)38-26-18-34(50-3)19-27-38)40-9-5-7-11-42(40)48(44)53-47(43)41-10-6-4-8-39(41)45/h4-29H,1-2H3. The van der Waals surface area contributed by atoms with E-state index in [1.807, 2.05) is 48.5 Å². The van der Waals surface area contributed by atoms with Crippen LogP contribution < -0.4 is 9.80 Å². The van der Waals surface area contributed by atoms with Crippen molar-refractivity contribution in [3.63, 3.8) is 0 Å². The second-order valence-corrected chi connectivity index (χ2v) is 13.4. The molecule has 0 saturated carbocycles. The van der Waals surface area contributed by atoms with Crippen LogP contribution in [-0.4, -0.2) is 0 Å². The molecule has 0 radical (unpaired) electrons. The van der Waals surface area contributed by atoms with Crippen LogP contribution in [0.15, 0.2) is 162 Å². The summed E-state index contributed by atoms with van der Waals surface area (Å²) in [5.74, 6) is 0. The lowest BCUT2D eigenvalue weighted by molar-refractivity contribution is 0.676. The summed E-state index contributed by atoms with van der Waals surface area (Å²) in [5, 5.41) is 15.7. The monoisotopic (exact) mass is 680 g/mol. The minimum atomic E-state index is 0.596. The summed E-state index contributed by atoms with van der Waals surface area (Å²) in [4.78, 5) is 8.18. The van der Waals surface area contributed by atoms with E-state index in [1.54, 1.807) is 0 Å². The highest BCUT2D eigenvalue weighted by Gasteiger charge is 2.24. The molecule has 0 aliphatic rings. The Morgan fingerprint density at radius 2 is 0.868 bits per heavy atom. The van der Waals surface area contributed by atoms with Gasteiger partial charge < -0.3 is 14.2 Å². The molecule has 5 heteroatoms. The number of nitrogens with zero attached hydrogens (tertiary/aromatic N) is 4. The average Bonchev–Trinajstić information content (AvgIpc) is 3.59. The third kappa shape index (κ3) is 5.40. The third-order valence-electron chi connectivity index (χ3n) is 10.00. The van der Waals surface area contributed by atoms with Crippen molar-refractivity contribution in [1.29, 1.82) is 5.26 Å². The van der Waals surface area contributed by atoms with Gasteiger partial charge in [-0.15, -0.1) is 0 Å². The van der Waals surface area contributed by atoms with E-state index in [0.29, 0.717) is 11.3 Å². The summed E-state index contributed by atoms with van der Waals surface area (Å²) in [6.45, 7) is 11.7. The predicted octanol–water partition coefficient (Wildman–Crippen LogP) is 13.9. The number of benzene rings is 8. The zero-order valence-corrected chi connectivity index (χ0v) is 29.2. The summed E-state index contributed by atoms with van der Waals surface area (Å²) >= 11 is 0. The number of fused-ring (bicyclic) bond motifs is 7. The van der Waals surface area contributed by atoms with E-state index in [-0.39, 0.29) is 0 Å². The molecule has 0 bridgehead atoms. The van der Waals surface area contributed by atoms with Crippen molar-refractivity contribution in [2.45, 2.75) is 13.8 Å². The molecule has 8 aromatic carbocycles. The number of furan rings is 1. The van der Waals surface area contributed by atoms with Gasteiger partial charge in [0.1, 0.15) is 11.2 Å². The topological polar surface area (TPSA) is 47.8 Å². The van der Waals surface area contributed by atoms with Crippen LogP contribution in [0, 0.1) is 31.8 Å². The van der Waals surface area contributed by atoms with E-state index in [0.717, 1.165) is 77.6 Å². The van der Waals surface area contributed by atoms with Gasteiger partial charge in [-0.3, -0.25) is 0 Å². The first-order valence-corrected chi connectivity index (χ1v) is 17.5. The summed E-state index contributed by atoms with van der Waals surface area (Å²) in [6.07, 6.45) is 0. The normalized spacial score (nSPS) is 11.2. The Kier molecular flexibility index (Phi) is 7.62. The minimum Gasteiger partial charge on any atom is -0.455 e. The Bertz CT molecular complexity index is 2710. The molecule has 0 saturated heterocycles. The molecule has 0 atom stereocenters. The lowest BCUT2D eigenvalue weighted by Crippen LogP contribution is -2.11. The van der Waals surface area contributed by atoms with E-state index >= 15 is 0 Å². The summed E-state index contributed by atoms with van der Waals surface area (Å²) < 4.78 is 6.96. The minimum absolute atomic E-state index is 0.596. The molecule has 0 unspecified atom stereocenters. The van der Waals surface area contributed by atoms with Gasteiger partial charge in [-0.05, 0) is 86.6 Å². The van der Waals surface area contributed by atoms with Crippen LogP contribution in [0.1, 0.15) is 16.7 Å². The number of aryl methyl sites for hydroxylation is 2. The zero-order chi connectivity index (χ0) is 36.1. The van der Waals surface area contributed by atoms with Crippen LogP contribution in [0.25, 0.3) is 48.3 Å². The lowest BCUT2D eigenvalue weighted by atomic mass is 9.99. The lowest BCUT2D eigenvalue weighted by Gasteiger charge is -2.27. The maximum absolute atomic E-state index is 9.60. The number of hydrogen-bond acceptors (Lipinski definition) is 4. The molecule has 1 heterocycles. The van der Waals surface area contributed by atoms with Gasteiger partial charge in [-0.1, -0.05) is 96.1 Å². The molecule has 9 rings (SSSR count). The first-order chi connectivity index (χ1) is 26.0. The number of rotatable bonds is 6. The fourth-order valence-corrected chi connectivity index (χ4v) is 7.35. The second kappa shape index (κ2) is 12.8. The van der Waals surface area contributed by atoms with Gasteiger partial charge in [-0.2, -0.15) is 5.26 Å². The van der Waals surface area contributed by atoms with Crippen LogP contribution in [0.2, 0.25) is 0 Å². The molecule has 53 heavy (non-hydrogen) atoms. The van der Waals surface area contributed by atoms with Crippen molar-refractivity contribution in [2.24, 2.45) is 0 Å². The van der Waals surface area contributed by atoms with Crippen molar-refractivity contribution in [1.82, 2.24) is 0 Å². The molecular weight excluding hydrogens is 649 g/mol. The van der Waals surface area contributed by atoms with Gasteiger partial charge in [0.2, 0.25) is 0 Å². The molecule has 0 fully saturated rings. The van der Waals surface area contributed by atoms with Crippen LogP contribution in [-0.2, 0) is 0 Å². The summed E-state index contributed by atoms with van der Waals surface area (Å²) in [5.41, 5.74) is 11.2. The maximum atomic E-state index is 9.60. The molecule has 0 N–H and O–H groups in total. The quantitative estimate of drug-likeness (QED) is 0.164. The fraction of sp³-hybridized carbons (Fsp3) is 0.0417. The van der Waals surface area contributed by atoms with Crippen LogP contribution >= 0.6 is 0 Å². The third-order valence-corrected chi connectivity index (χ3v) is 10.00. The van der Waals surface area contributed by atoms with Gasteiger partial charge in [0.15, 0.2) is 5.69 Å². The number of anilines is 6. The Labute approximate surface area is 307 Å². The van der Waals surface area contributed by atoms with Crippen molar-refractivity contribution < 1.29 is 4.42 Å². The van der Waals surface area contributed by atoms with Crippen molar-refractivity contribution in [3.05, 3.63) is 186 Å². The Balaban J connectivity index is 1.37. The molecule has 1 aromatic heterocycles. The molecule has 250 valence electrons. The highest BCUT2D eigenvalue weighted by atomic mass is 16.3. The maximum Gasteiger partial charge on any atom is 0.187 e. The summed E-state index contributed by atoms with van der Waals surface area (Å²) in [7, 11) is 0. The number of hydrogen-bond donors (Lipinski definition) is 0. The zero-order valence-electron chi connectivity index (χ0n) is 29.2. The van der Waals surface area contributed by atoms with E-state index in [9.17, 15) is 5.26 Å². The van der Waals surface area contributed by atoms with Gasteiger partial charge in [0.05, 0.1) is 29.6 Å². The van der Waals surface area contributed by atoms with Gasteiger partial charge >= 0.3 is 0 Å². The molecule has 0 aliphatic heterocycles. The first-order valence-electron chi connectivity index (χ1n) is 17.5. The number of nitriles is 1. The van der Waals surface area contributed by atoms with E-state index < -0.39 is 0 Å². The molecule has 0 aliphatic carbocycles. The predicted molar refractivity (Wildman–Crippen MR) is 219 cm³/mol. The highest BCUT2D eigenvalue weighted by Crippen LogP contribution is 2.48. The average molecular weight is 681 g/mol. The van der Waals surface area contributed by atoms with E-state index in [4.69, 9.17) is 11.0 Å². The molecule has 9 aromatic rings. The Morgan fingerprint density at radius 1 is 0.491 bits per heavy atom. The van der Waals surface area contributed by atoms with Gasteiger partial charge in [0, 0.05) is 55.1 Å². The van der Waals surface area contributed by atoms with Crippen molar-refractivity contribution in [2.75, 3.05) is 9.80 Å². The molecule has 5 nitrogen and oxygen atoms in total. The van der Waals surface area contributed by atoms with Crippen LogP contribution in [0.4, 0.5) is 39.8 Å². The first kappa shape index (κ1) is 31.6. The highest BCUT2D eigenvalue weighted by molar-refractivity contribution is 6.25. The Morgan fingerprint density at radius 3 is 1.26 bits per heavy atom. The smallest absolute Gasteiger partial charge is 0.187 e. The molecule has 0 amide bonds. The Hall–Kier alpha value is -7.34. The molecule has 0 spiro atoms. The van der Waals surface area contributed by atoms with Crippen LogP contribution in [0.3, 0.4) is 0 Å². The molecular formula is C48H32N4O. The summed E-state index contributed by atoms with van der Waals surface area (Å²) in [6, 6.07) is 56.2. The van der Waals surface area contributed by atoms with Crippen LogP contribution in [0.5, 0.6) is 0 Å². The largest absolute Gasteiger partial charge is 0.455 e.